The van der Waals surface area contributed by atoms with Gasteiger partial charge in [-0.05, 0) is 97.1 Å². The van der Waals surface area contributed by atoms with Crippen molar-refractivity contribution in [2.75, 3.05) is 0 Å². The van der Waals surface area contributed by atoms with Crippen molar-refractivity contribution in [2.45, 2.75) is 57.5 Å². The average molecular weight is 377 g/mol. The molecule has 5 rings (SSSR count). The van der Waals surface area contributed by atoms with E-state index in [1.165, 1.54) is 23.7 Å². The summed E-state index contributed by atoms with van der Waals surface area (Å²) in [6, 6.07) is 9.61. The summed E-state index contributed by atoms with van der Waals surface area (Å²) in [6.07, 6.45) is 9.62. The fourth-order valence-electron chi connectivity index (χ4n) is 6.24. The van der Waals surface area contributed by atoms with Crippen LogP contribution in [-0.4, -0.2) is 22.2 Å². The Balaban J connectivity index is 1.37. The van der Waals surface area contributed by atoms with Crippen LogP contribution >= 0.6 is 0 Å². The standard InChI is InChI=1S/C24H27NO3/c1-24-11-10-19-18-7-5-17(28-23(27)16-3-2-12-25-14-16)13-15(18)4-6-20(19)21(24)8-9-22(24)26/h2-3,5,7,12-14,19-22,26H,4,6,8-11H2,1H3/t19-,20-,21+,22+,24+/m1/s1. The first-order valence-corrected chi connectivity index (χ1v) is 10.5. The zero-order valence-electron chi connectivity index (χ0n) is 16.3. The first kappa shape index (κ1) is 17.9. The molecule has 0 aliphatic heterocycles. The van der Waals surface area contributed by atoms with E-state index in [-0.39, 0.29) is 17.5 Å². The topological polar surface area (TPSA) is 59.4 Å². The number of aliphatic hydroxyl groups is 1. The molecule has 0 bridgehead atoms. The number of ether oxygens (including phenoxy) is 1. The molecule has 3 aliphatic rings. The van der Waals surface area contributed by atoms with E-state index < -0.39 is 0 Å². The Labute approximate surface area is 166 Å². The van der Waals surface area contributed by atoms with Crippen molar-refractivity contribution in [1.82, 2.24) is 4.98 Å². The third kappa shape index (κ3) is 2.77. The maximum Gasteiger partial charge on any atom is 0.345 e. The second kappa shape index (κ2) is 6.70. The highest BCUT2D eigenvalue weighted by molar-refractivity contribution is 5.90. The molecule has 0 spiro atoms. The minimum atomic E-state index is -0.366. The minimum absolute atomic E-state index is 0.109. The van der Waals surface area contributed by atoms with E-state index >= 15 is 0 Å². The summed E-state index contributed by atoms with van der Waals surface area (Å²) in [5.41, 5.74) is 3.32. The molecule has 0 amide bonds. The number of aromatic nitrogens is 1. The molecule has 28 heavy (non-hydrogen) atoms. The zero-order chi connectivity index (χ0) is 19.3. The number of benzene rings is 1. The SMILES string of the molecule is C[C@]12CC[C@@H]3c4ccc(OC(=O)c5cccnc5)cc4CC[C@H]3[C@@H]1CC[C@@H]2O. The Bertz CT molecular complexity index is 896. The Kier molecular flexibility index (Phi) is 4.27. The number of carbonyl (C=O) groups is 1. The van der Waals surface area contributed by atoms with Gasteiger partial charge in [-0.3, -0.25) is 4.98 Å². The average Bonchev–Trinajstić information content (AvgIpc) is 3.03. The van der Waals surface area contributed by atoms with Gasteiger partial charge < -0.3 is 9.84 Å². The van der Waals surface area contributed by atoms with Crippen LogP contribution in [0.15, 0.2) is 42.7 Å². The largest absolute Gasteiger partial charge is 0.423 e. The zero-order valence-corrected chi connectivity index (χ0v) is 16.3. The lowest BCUT2D eigenvalue weighted by Crippen LogP contribution is -2.43. The number of aliphatic hydroxyl groups excluding tert-OH is 1. The molecule has 1 aromatic heterocycles. The van der Waals surface area contributed by atoms with Gasteiger partial charge >= 0.3 is 5.97 Å². The molecule has 0 unspecified atom stereocenters. The van der Waals surface area contributed by atoms with Gasteiger partial charge in [0.05, 0.1) is 11.7 Å². The predicted octanol–water partition coefficient (Wildman–Crippen LogP) is 4.52. The first-order chi connectivity index (χ1) is 13.6. The van der Waals surface area contributed by atoms with Crippen LogP contribution in [0.2, 0.25) is 0 Å². The summed E-state index contributed by atoms with van der Waals surface area (Å²) in [6.45, 7) is 2.31. The smallest absolute Gasteiger partial charge is 0.345 e. The lowest BCUT2D eigenvalue weighted by molar-refractivity contribution is -0.0226. The predicted molar refractivity (Wildman–Crippen MR) is 106 cm³/mol. The second-order valence-electron chi connectivity index (χ2n) is 9.04. The molecule has 2 saturated carbocycles. The van der Waals surface area contributed by atoms with Crippen molar-refractivity contribution in [3.63, 3.8) is 0 Å². The number of hydrogen-bond donors (Lipinski definition) is 1. The Morgan fingerprint density at radius 3 is 2.93 bits per heavy atom. The maximum absolute atomic E-state index is 12.3. The lowest BCUT2D eigenvalue weighted by Gasteiger charge is -2.50. The fourth-order valence-corrected chi connectivity index (χ4v) is 6.24. The van der Waals surface area contributed by atoms with Crippen LogP contribution < -0.4 is 4.74 Å². The van der Waals surface area contributed by atoms with Gasteiger partial charge in [0.2, 0.25) is 0 Å². The van der Waals surface area contributed by atoms with E-state index in [0.29, 0.717) is 29.1 Å². The monoisotopic (exact) mass is 377 g/mol. The van der Waals surface area contributed by atoms with Gasteiger partial charge in [0.15, 0.2) is 0 Å². The molecule has 2 fully saturated rings. The van der Waals surface area contributed by atoms with E-state index in [9.17, 15) is 9.90 Å². The van der Waals surface area contributed by atoms with Gasteiger partial charge in [-0.1, -0.05) is 13.0 Å². The third-order valence-electron chi connectivity index (χ3n) is 7.76. The number of carbonyl (C=O) groups excluding carboxylic acids is 1. The van der Waals surface area contributed by atoms with Crippen molar-refractivity contribution < 1.29 is 14.6 Å². The van der Waals surface area contributed by atoms with Crippen LogP contribution in [0, 0.1) is 17.3 Å². The van der Waals surface area contributed by atoms with E-state index in [2.05, 4.69) is 24.0 Å². The summed E-state index contributed by atoms with van der Waals surface area (Å²) in [7, 11) is 0. The quantitative estimate of drug-likeness (QED) is 0.618. The summed E-state index contributed by atoms with van der Waals surface area (Å²) in [4.78, 5) is 16.3. The summed E-state index contributed by atoms with van der Waals surface area (Å²) in [5.74, 6) is 2.14. The number of nitrogens with zero attached hydrogens (tertiary/aromatic N) is 1. The molecule has 4 heteroatoms. The van der Waals surface area contributed by atoms with Crippen LogP contribution in [-0.2, 0) is 6.42 Å². The molecule has 1 aromatic carbocycles. The molecule has 3 aliphatic carbocycles. The third-order valence-corrected chi connectivity index (χ3v) is 7.76. The van der Waals surface area contributed by atoms with Crippen molar-refractivity contribution in [2.24, 2.45) is 17.3 Å². The molecule has 4 nitrogen and oxygen atoms in total. The van der Waals surface area contributed by atoms with Crippen LogP contribution in [0.4, 0.5) is 0 Å². The fraction of sp³-hybridized carbons (Fsp3) is 0.500. The van der Waals surface area contributed by atoms with Gasteiger partial charge in [-0.15, -0.1) is 0 Å². The minimum Gasteiger partial charge on any atom is -0.423 e. The molecule has 2 aromatic rings. The number of aryl methyl sites for hydroxylation is 1. The van der Waals surface area contributed by atoms with Crippen LogP contribution in [0.5, 0.6) is 5.75 Å². The summed E-state index contributed by atoms with van der Waals surface area (Å²) >= 11 is 0. The highest BCUT2D eigenvalue weighted by atomic mass is 16.5. The highest BCUT2D eigenvalue weighted by Crippen LogP contribution is 2.60. The van der Waals surface area contributed by atoms with Gasteiger partial charge in [0.25, 0.3) is 0 Å². The number of hydrogen-bond acceptors (Lipinski definition) is 4. The Morgan fingerprint density at radius 2 is 2.11 bits per heavy atom. The van der Waals surface area contributed by atoms with Crippen molar-refractivity contribution in [3.8, 4) is 5.75 Å². The van der Waals surface area contributed by atoms with Crippen LogP contribution in [0.1, 0.15) is 66.4 Å². The molecule has 5 atom stereocenters. The molecule has 0 saturated heterocycles. The van der Waals surface area contributed by atoms with Gasteiger partial charge in [0, 0.05) is 12.4 Å². The number of rotatable bonds is 2. The van der Waals surface area contributed by atoms with Crippen LogP contribution in [0.25, 0.3) is 0 Å². The van der Waals surface area contributed by atoms with Gasteiger partial charge in [-0.25, -0.2) is 4.79 Å². The second-order valence-corrected chi connectivity index (χ2v) is 9.04. The highest BCUT2D eigenvalue weighted by Gasteiger charge is 2.54. The maximum atomic E-state index is 12.3. The van der Waals surface area contributed by atoms with E-state index in [0.717, 1.165) is 32.1 Å². The van der Waals surface area contributed by atoms with E-state index in [1.807, 2.05) is 6.07 Å². The van der Waals surface area contributed by atoms with E-state index in [4.69, 9.17) is 4.74 Å². The number of pyridine rings is 1. The summed E-state index contributed by atoms with van der Waals surface area (Å²) < 4.78 is 5.59. The lowest BCUT2D eigenvalue weighted by atomic mass is 9.55. The van der Waals surface area contributed by atoms with Crippen LogP contribution in [0.3, 0.4) is 0 Å². The number of fused-ring (bicyclic) bond motifs is 5. The van der Waals surface area contributed by atoms with E-state index in [1.54, 1.807) is 18.3 Å². The molecule has 0 radical (unpaired) electrons. The molecular formula is C24H27NO3. The molecule has 1 heterocycles. The molecular weight excluding hydrogens is 350 g/mol. The Morgan fingerprint density at radius 1 is 1.21 bits per heavy atom. The van der Waals surface area contributed by atoms with Crippen molar-refractivity contribution >= 4 is 5.97 Å². The van der Waals surface area contributed by atoms with Gasteiger partial charge in [0.1, 0.15) is 5.75 Å². The molecule has 146 valence electrons. The normalized spacial score (nSPS) is 33.5. The van der Waals surface area contributed by atoms with Crippen molar-refractivity contribution in [1.29, 1.82) is 0 Å². The number of esters is 1. The van der Waals surface area contributed by atoms with Crippen molar-refractivity contribution in [3.05, 3.63) is 59.4 Å². The summed E-state index contributed by atoms with van der Waals surface area (Å²) in [5, 5.41) is 10.5. The first-order valence-electron chi connectivity index (χ1n) is 10.5. The molecule has 1 N–H and O–H groups in total. The Hall–Kier alpha value is -2.20. The van der Waals surface area contributed by atoms with Gasteiger partial charge in [-0.2, -0.15) is 0 Å².